The van der Waals surface area contributed by atoms with Crippen molar-refractivity contribution in [1.29, 1.82) is 0 Å². The number of carbonyl (C=O) groups excluding carboxylic acids is 1. The minimum atomic E-state index is -0.243. The van der Waals surface area contributed by atoms with Gasteiger partial charge < -0.3 is 5.11 Å². The van der Waals surface area contributed by atoms with Crippen molar-refractivity contribution < 1.29 is 9.90 Å². The second-order valence-corrected chi connectivity index (χ2v) is 12.8. The first kappa shape index (κ1) is 23.5. The van der Waals surface area contributed by atoms with E-state index < -0.39 is 0 Å². The average Bonchev–Trinajstić information content (AvgIpc) is 3.06. The highest BCUT2D eigenvalue weighted by molar-refractivity contribution is 5.94. The van der Waals surface area contributed by atoms with Crippen LogP contribution in [-0.2, 0) is 4.79 Å². The Morgan fingerprint density at radius 3 is 2.45 bits per heavy atom. The highest BCUT2D eigenvalue weighted by atomic mass is 16.3. The van der Waals surface area contributed by atoms with Gasteiger partial charge in [-0.25, -0.2) is 0 Å². The molecule has 0 heterocycles. The smallest absolute Gasteiger partial charge is 0.159 e. The summed E-state index contributed by atoms with van der Waals surface area (Å²) in [6, 6.07) is 0. The number of fused-ring (bicyclic) bond motifs is 5. The summed E-state index contributed by atoms with van der Waals surface area (Å²) in [6.45, 7) is 14.6. The lowest BCUT2D eigenvalue weighted by Crippen LogP contribution is -2.53. The van der Waals surface area contributed by atoms with Crippen LogP contribution >= 0.6 is 0 Å². The standard InChI is InChI=1S/C29H48O2/c1-7-20(18(2)3)9-8-19(4)23-10-11-24-27-25(13-15-29(23,24)6)28(5)14-12-22(30)16-21(28)17-26(27)31/h17-20,22-25,27,30H,7-16H2,1-6H3/t19-,20-,22+,23?,24+,25+,27+,28+,29-/m1/s1. The number of carbonyl (C=O) groups is 1. The molecule has 0 bridgehead atoms. The predicted octanol–water partition coefficient (Wildman–Crippen LogP) is 7.20. The Morgan fingerprint density at radius 1 is 1.03 bits per heavy atom. The third kappa shape index (κ3) is 3.87. The fraction of sp³-hybridized carbons (Fsp3) is 0.897. The molecule has 3 saturated carbocycles. The van der Waals surface area contributed by atoms with Gasteiger partial charge in [-0.3, -0.25) is 4.79 Å². The molecule has 0 saturated heterocycles. The lowest BCUT2D eigenvalue weighted by molar-refractivity contribution is -0.135. The van der Waals surface area contributed by atoms with Crippen LogP contribution in [0.25, 0.3) is 0 Å². The molecule has 1 N–H and O–H groups in total. The van der Waals surface area contributed by atoms with Crippen LogP contribution < -0.4 is 0 Å². The van der Waals surface area contributed by atoms with E-state index in [2.05, 4.69) is 41.5 Å². The van der Waals surface area contributed by atoms with E-state index in [9.17, 15) is 9.90 Å². The van der Waals surface area contributed by atoms with Gasteiger partial charge in [0.05, 0.1) is 6.10 Å². The van der Waals surface area contributed by atoms with Gasteiger partial charge in [0.15, 0.2) is 5.78 Å². The number of hydrogen-bond donors (Lipinski definition) is 1. The Hall–Kier alpha value is -0.630. The Bertz CT molecular complexity index is 708. The largest absolute Gasteiger partial charge is 0.393 e. The molecule has 0 aromatic carbocycles. The van der Waals surface area contributed by atoms with Crippen LogP contribution in [0.5, 0.6) is 0 Å². The average molecular weight is 429 g/mol. The van der Waals surface area contributed by atoms with Gasteiger partial charge in [0.2, 0.25) is 0 Å². The summed E-state index contributed by atoms with van der Waals surface area (Å²) in [6.07, 6.45) is 13.5. The van der Waals surface area contributed by atoms with E-state index in [0.29, 0.717) is 23.0 Å². The van der Waals surface area contributed by atoms with Gasteiger partial charge in [0.1, 0.15) is 0 Å². The van der Waals surface area contributed by atoms with Crippen LogP contribution in [0.1, 0.15) is 106 Å². The number of ketones is 1. The number of rotatable bonds is 6. The molecule has 4 rings (SSSR count). The normalized spacial score (nSPS) is 44.3. The number of aliphatic hydroxyl groups is 1. The van der Waals surface area contributed by atoms with Gasteiger partial charge in [0, 0.05) is 5.92 Å². The molecule has 0 aromatic heterocycles. The maximum Gasteiger partial charge on any atom is 0.159 e. The molecule has 0 spiro atoms. The highest BCUT2D eigenvalue weighted by Gasteiger charge is 2.61. The second kappa shape index (κ2) is 8.62. The van der Waals surface area contributed by atoms with Crippen LogP contribution in [0, 0.1) is 52.3 Å². The van der Waals surface area contributed by atoms with Gasteiger partial charge in [-0.2, -0.15) is 0 Å². The lowest BCUT2D eigenvalue weighted by atomic mass is 9.46. The first-order valence-corrected chi connectivity index (χ1v) is 13.5. The van der Waals surface area contributed by atoms with E-state index in [0.717, 1.165) is 42.9 Å². The van der Waals surface area contributed by atoms with Crippen LogP contribution in [-0.4, -0.2) is 17.0 Å². The molecule has 0 radical (unpaired) electrons. The van der Waals surface area contributed by atoms with E-state index in [4.69, 9.17) is 0 Å². The van der Waals surface area contributed by atoms with Gasteiger partial charge in [-0.1, -0.05) is 60.0 Å². The zero-order valence-electron chi connectivity index (χ0n) is 21.1. The Morgan fingerprint density at radius 2 is 1.77 bits per heavy atom. The molecule has 176 valence electrons. The molecule has 3 fully saturated rings. The molecule has 0 amide bonds. The highest BCUT2D eigenvalue weighted by Crippen LogP contribution is 2.66. The first-order valence-electron chi connectivity index (χ1n) is 13.5. The van der Waals surface area contributed by atoms with Crippen LogP contribution in [0.2, 0.25) is 0 Å². The number of aliphatic hydroxyl groups excluding tert-OH is 1. The summed E-state index contributed by atoms with van der Waals surface area (Å²) in [4.78, 5) is 13.5. The van der Waals surface area contributed by atoms with Crippen molar-refractivity contribution in [3.8, 4) is 0 Å². The monoisotopic (exact) mass is 428 g/mol. The van der Waals surface area contributed by atoms with E-state index in [1.165, 1.54) is 50.5 Å². The van der Waals surface area contributed by atoms with Crippen LogP contribution in [0.3, 0.4) is 0 Å². The summed E-state index contributed by atoms with van der Waals surface area (Å²) in [5, 5.41) is 10.2. The zero-order chi connectivity index (χ0) is 22.6. The molecule has 0 aromatic rings. The van der Waals surface area contributed by atoms with Crippen LogP contribution in [0.4, 0.5) is 0 Å². The molecule has 4 aliphatic rings. The van der Waals surface area contributed by atoms with E-state index in [-0.39, 0.29) is 17.4 Å². The quantitative estimate of drug-likeness (QED) is 0.485. The third-order valence-corrected chi connectivity index (χ3v) is 11.1. The molecular formula is C29H48O2. The number of allylic oxidation sites excluding steroid dienone is 1. The molecule has 2 heteroatoms. The van der Waals surface area contributed by atoms with Crippen molar-refractivity contribution in [3.63, 3.8) is 0 Å². The third-order valence-electron chi connectivity index (χ3n) is 11.1. The maximum atomic E-state index is 13.5. The molecule has 0 aliphatic heterocycles. The van der Waals surface area contributed by atoms with Gasteiger partial charge >= 0.3 is 0 Å². The maximum absolute atomic E-state index is 13.5. The first-order chi connectivity index (χ1) is 14.6. The Kier molecular flexibility index (Phi) is 6.54. The fourth-order valence-electron chi connectivity index (χ4n) is 9.04. The molecule has 9 atom stereocenters. The van der Waals surface area contributed by atoms with Crippen molar-refractivity contribution >= 4 is 5.78 Å². The topological polar surface area (TPSA) is 37.3 Å². The van der Waals surface area contributed by atoms with Crippen LogP contribution in [0.15, 0.2) is 11.6 Å². The van der Waals surface area contributed by atoms with Crippen molar-refractivity contribution in [2.75, 3.05) is 0 Å². The molecular weight excluding hydrogens is 380 g/mol. The SMILES string of the molecule is CC[C@H](CC[C@@H](C)C1CC[C@H]2[C@@H]3C(=O)C=C4C[C@@H](O)CC[C@]4(C)[C@H]3CC[C@]12C)C(C)C. The molecule has 31 heavy (non-hydrogen) atoms. The van der Waals surface area contributed by atoms with Gasteiger partial charge in [0.25, 0.3) is 0 Å². The van der Waals surface area contributed by atoms with E-state index in [1.807, 2.05) is 6.08 Å². The summed E-state index contributed by atoms with van der Waals surface area (Å²) < 4.78 is 0. The van der Waals surface area contributed by atoms with Crippen molar-refractivity contribution in [1.82, 2.24) is 0 Å². The predicted molar refractivity (Wildman–Crippen MR) is 129 cm³/mol. The lowest BCUT2D eigenvalue weighted by Gasteiger charge is -2.57. The second-order valence-electron chi connectivity index (χ2n) is 12.8. The minimum Gasteiger partial charge on any atom is -0.393 e. The molecule has 4 aliphatic carbocycles. The summed E-state index contributed by atoms with van der Waals surface area (Å²) in [5.41, 5.74) is 1.75. The summed E-state index contributed by atoms with van der Waals surface area (Å²) >= 11 is 0. The fourth-order valence-corrected chi connectivity index (χ4v) is 9.04. The van der Waals surface area contributed by atoms with Gasteiger partial charge in [-0.05, 0) is 104 Å². The van der Waals surface area contributed by atoms with Crippen molar-refractivity contribution in [2.24, 2.45) is 52.3 Å². The Balaban J connectivity index is 1.52. The van der Waals surface area contributed by atoms with E-state index >= 15 is 0 Å². The molecule has 2 nitrogen and oxygen atoms in total. The summed E-state index contributed by atoms with van der Waals surface area (Å²) in [7, 11) is 0. The Labute approximate surface area is 191 Å². The van der Waals surface area contributed by atoms with Crippen molar-refractivity contribution in [2.45, 2.75) is 112 Å². The summed E-state index contributed by atoms with van der Waals surface area (Å²) in [5.74, 6) is 4.90. The van der Waals surface area contributed by atoms with Gasteiger partial charge in [-0.15, -0.1) is 0 Å². The zero-order valence-corrected chi connectivity index (χ0v) is 21.1. The minimum absolute atomic E-state index is 0.147. The van der Waals surface area contributed by atoms with Crippen molar-refractivity contribution in [3.05, 3.63) is 11.6 Å². The van der Waals surface area contributed by atoms with E-state index in [1.54, 1.807) is 0 Å². The molecule has 1 unspecified atom stereocenters. The number of hydrogen-bond acceptors (Lipinski definition) is 2.